The number of fused-ring (bicyclic) bond motifs is 2. The molecular weight excluding hydrogens is 304 g/mol. The van der Waals surface area contributed by atoms with Crippen LogP contribution in [-0.4, -0.2) is 41.2 Å². The van der Waals surface area contributed by atoms with E-state index in [1.807, 2.05) is 0 Å². The summed E-state index contributed by atoms with van der Waals surface area (Å²) in [5.74, 6) is -1.29. The Bertz CT molecular complexity index is 814. The van der Waals surface area contributed by atoms with Crippen molar-refractivity contribution in [2.75, 3.05) is 12.3 Å². The molecule has 6 nitrogen and oxygen atoms in total. The lowest BCUT2D eigenvalue weighted by molar-refractivity contribution is -0.136. The number of carbonyl (C=O) groups is 4. The largest absolute Gasteiger partial charge is 0.345 e. The highest BCUT2D eigenvalue weighted by atomic mass is 32.2. The number of hydrogen-bond donors (Lipinski definition) is 2. The van der Waals surface area contributed by atoms with Crippen LogP contribution < -0.4 is 10.6 Å². The van der Waals surface area contributed by atoms with E-state index in [0.29, 0.717) is 5.56 Å². The van der Waals surface area contributed by atoms with Gasteiger partial charge >= 0.3 is 0 Å². The Morgan fingerprint density at radius 1 is 1.00 bits per heavy atom. The molecule has 0 saturated carbocycles. The van der Waals surface area contributed by atoms with Crippen LogP contribution in [0.3, 0.4) is 0 Å². The highest BCUT2D eigenvalue weighted by Crippen LogP contribution is 2.45. The average Bonchev–Trinajstić information content (AvgIpc) is 2.89. The van der Waals surface area contributed by atoms with Crippen molar-refractivity contribution in [3.63, 3.8) is 0 Å². The zero-order valence-electron chi connectivity index (χ0n) is 11.3. The van der Waals surface area contributed by atoms with Gasteiger partial charge in [0.15, 0.2) is 11.3 Å². The Morgan fingerprint density at radius 3 is 2.41 bits per heavy atom. The van der Waals surface area contributed by atoms with Crippen molar-refractivity contribution in [3.05, 3.63) is 45.9 Å². The summed E-state index contributed by atoms with van der Waals surface area (Å²) in [5.41, 5.74) is -0.707. The molecule has 1 spiro atoms. The minimum absolute atomic E-state index is 0.103. The van der Waals surface area contributed by atoms with E-state index in [1.165, 1.54) is 0 Å². The topological polar surface area (TPSA) is 92.3 Å². The second-order valence-electron chi connectivity index (χ2n) is 5.33. The van der Waals surface area contributed by atoms with Gasteiger partial charge < -0.3 is 10.6 Å². The molecule has 2 aliphatic heterocycles. The summed E-state index contributed by atoms with van der Waals surface area (Å²) in [6.07, 6.45) is 0. The summed E-state index contributed by atoms with van der Waals surface area (Å²) in [6.45, 7) is -0.118. The van der Waals surface area contributed by atoms with E-state index in [2.05, 4.69) is 10.6 Å². The maximum Gasteiger partial charge on any atom is 0.251 e. The minimum atomic E-state index is -1.43. The van der Waals surface area contributed by atoms with Gasteiger partial charge in [0.25, 0.3) is 5.91 Å². The lowest BCUT2D eigenvalue weighted by Gasteiger charge is -2.35. The summed E-state index contributed by atoms with van der Waals surface area (Å²) in [6, 6.07) is 6.53. The molecule has 2 heterocycles. The van der Waals surface area contributed by atoms with Gasteiger partial charge in [-0.1, -0.05) is 24.3 Å². The molecule has 0 unspecified atom stereocenters. The molecule has 7 heteroatoms. The number of Topliss-reactive ketones (excluding diaryl/α,β-unsaturated/α-hetero) is 2. The minimum Gasteiger partial charge on any atom is -0.345 e. The van der Waals surface area contributed by atoms with Crippen LogP contribution in [0.15, 0.2) is 34.7 Å². The quantitative estimate of drug-likeness (QED) is 0.706. The van der Waals surface area contributed by atoms with Gasteiger partial charge in [0, 0.05) is 16.9 Å². The molecule has 0 bridgehead atoms. The fourth-order valence-electron chi connectivity index (χ4n) is 3.06. The van der Waals surface area contributed by atoms with E-state index in [9.17, 15) is 19.2 Å². The molecule has 2 N–H and O–H groups in total. The molecule has 4 rings (SSSR count). The number of ketones is 2. The van der Waals surface area contributed by atoms with Crippen LogP contribution in [0.4, 0.5) is 0 Å². The van der Waals surface area contributed by atoms with Gasteiger partial charge in [-0.25, -0.2) is 0 Å². The van der Waals surface area contributed by atoms with Crippen molar-refractivity contribution in [1.82, 2.24) is 10.6 Å². The van der Waals surface area contributed by atoms with Crippen LogP contribution in [0.25, 0.3) is 0 Å². The number of allylic oxidation sites excluding steroid dienone is 1. The predicted molar refractivity (Wildman–Crippen MR) is 78.5 cm³/mol. The highest BCUT2D eigenvalue weighted by molar-refractivity contribution is 8.04. The standard InChI is InChI=1S/C15H10N2O4S/c18-9-5-16-14(21)15(17-9)6-22-13-10(15)11(19)7-3-1-2-4-8(7)12(13)20/h1-4H,5-6H2,(H,16,21)(H,17,18)/t15-/m0/s1. The first kappa shape index (κ1) is 13.3. The van der Waals surface area contributed by atoms with E-state index >= 15 is 0 Å². The Kier molecular flexibility index (Phi) is 2.59. The third kappa shape index (κ3) is 1.51. The molecule has 2 amide bonds. The zero-order valence-corrected chi connectivity index (χ0v) is 12.1. The third-order valence-electron chi connectivity index (χ3n) is 4.09. The summed E-state index contributed by atoms with van der Waals surface area (Å²) in [7, 11) is 0. The zero-order chi connectivity index (χ0) is 15.5. The number of benzene rings is 1. The molecule has 0 radical (unpaired) electrons. The van der Waals surface area contributed by atoms with Gasteiger partial charge in [0.2, 0.25) is 11.7 Å². The van der Waals surface area contributed by atoms with E-state index in [-0.39, 0.29) is 45.8 Å². The fraction of sp³-hybridized carbons (Fsp3) is 0.200. The van der Waals surface area contributed by atoms with E-state index < -0.39 is 11.4 Å². The van der Waals surface area contributed by atoms with Crippen LogP contribution in [0, 0.1) is 0 Å². The average molecular weight is 314 g/mol. The number of thioether (sulfide) groups is 1. The van der Waals surface area contributed by atoms with Crippen molar-refractivity contribution < 1.29 is 19.2 Å². The molecule has 1 atom stereocenters. The molecule has 1 saturated heterocycles. The van der Waals surface area contributed by atoms with Crippen molar-refractivity contribution >= 4 is 35.1 Å². The van der Waals surface area contributed by atoms with Crippen molar-refractivity contribution in [3.8, 4) is 0 Å². The second kappa shape index (κ2) is 4.30. The first-order chi connectivity index (χ1) is 10.5. The first-order valence-corrected chi connectivity index (χ1v) is 7.68. The molecule has 0 aromatic heterocycles. The van der Waals surface area contributed by atoms with Crippen LogP contribution in [-0.2, 0) is 9.59 Å². The summed E-state index contributed by atoms with van der Waals surface area (Å²) in [4.78, 5) is 49.7. The summed E-state index contributed by atoms with van der Waals surface area (Å²) >= 11 is 1.15. The number of hydrogen-bond acceptors (Lipinski definition) is 5. The Hall–Kier alpha value is -2.41. The monoisotopic (exact) mass is 314 g/mol. The first-order valence-electron chi connectivity index (χ1n) is 6.70. The molecule has 3 aliphatic rings. The van der Waals surface area contributed by atoms with Gasteiger partial charge in [-0.15, -0.1) is 11.8 Å². The normalized spacial score (nSPS) is 26.7. The Balaban J connectivity index is 1.93. The van der Waals surface area contributed by atoms with Gasteiger partial charge in [-0.05, 0) is 0 Å². The molecule has 1 fully saturated rings. The summed E-state index contributed by atoms with van der Waals surface area (Å²) < 4.78 is 0. The van der Waals surface area contributed by atoms with E-state index in [4.69, 9.17) is 0 Å². The van der Waals surface area contributed by atoms with Crippen molar-refractivity contribution in [1.29, 1.82) is 0 Å². The number of nitrogens with one attached hydrogen (secondary N) is 2. The smallest absolute Gasteiger partial charge is 0.251 e. The number of carbonyl (C=O) groups excluding carboxylic acids is 4. The molecule has 1 aromatic carbocycles. The molecule has 110 valence electrons. The van der Waals surface area contributed by atoms with Crippen LogP contribution in [0.1, 0.15) is 20.7 Å². The van der Waals surface area contributed by atoms with Crippen molar-refractivity contribution in [2.45, 2.75) is 5.54 Å². The Morgan fingerprint density at radius 2 is 1.68 bits per heavy atom. The summed E-state index contributed by atoms with van der Waals surface area (Å²) in [5, 5.41) is 5.11. The second-order valence-corrected chi connectivity index (χ2v) is 6.32. The lowest BCUT2D eigenvalue weighted by Crippen LogP contribution is -2.68. The SMILES string of the molecule is O=C1CNC(=O)[C@@]2(CSC3=C2C(=O)c2ccccc2C3=O)N1. The maximum atomic E-state index is 12.8. The fourth-order valence-corrected chi connectivity index (χ4v) is 4.42. The number of rotatable bonds is 0. The molecule has 22 heavy (non-hydrogen) atoms. The number of piperazine rings is 1. The highest BCUT2D eigenvalue weighted by Gasteiger charge is 2.56. The number of amides is 2. The van der Waals surface area contributed by atoms with Crippen LogP contribution in [0.2, 0.25) is 0 Å². The van der Waals surface area contributed by atoms with Crippen molar-refractivity contribution in [2.24, 2.45) is 0 Å². The maximum absolute atomic E-state index is 12.8. The van der Waals surface area contributed by atoms with Gasteiger partial charge in [-0.2, -0.15) is 0 Å². The molecular formula is C15H10N2O4S. The molecule has 1 aromatic rings. The van der Waals surface area contributed by atoms with E-state index in [0.717, 1.165) is 11.8 Å². The lowest BCUT2D eigenvalue weighted by atomic mass is 9.78. The molecule has 1 aliphatic carbocycles. The Labute approximate surface area is 129 Å². The van der Waals surface area contributed by atoms with Crippen LogP contribution in [0.5, 0.6) is 0 Å². The van der Waals surface area contributed by atoms with Gasteiger partial charge in [0.05, 0.1) is 17.0 Å². The van der Waals surface area contributed by atoms with Crippen LogP contribution >= 0.6 is 11.8 Å². The van der Waals surface area contributed by atoms with Gasteiger partial charge in [0.1, 0.15) is 0 Å². The predicted octanol–water partition coefficient (Wildman–Crippen LogP) is 0.0513. The van der Waals surface area contributed by atoms with Gasteiger partial charge in [-0.3, -0.25) is 19.2 Å². The van der Waals surface area contributed by atoms with E-state index in [1.54, 1.807) is 24.3 Å². The third-order valence-corrected chi connectivity index (χ3v) is 5.34.